The van der Waals surface area contributed by atoms with Crippen molar-refractivity contribution < 1.29 is 23.9 Å². The summed E-state index contributed by atoms with van der Waals surface area (Å²) in [6.07, 6.45) is 3.77. The smallest absolute Gasteiger partial charge is 0.238 e. The molecule has 216 valence electrons. The second-order valence-corrected chi connectivity index (χ2v) is 11.0. The van der Waals surface area contributed by atoms with E-state index in [-0.39, 0.29) is 24.1 Å². The van der Waals surface area contributed by atoms with Crippen molar-refractivity contribution in [2.75, 3.05) is 19.0 Å². The number of methoxy groups -OCH3 is 1. The molecule has 1 saturated heterocycles. The fraction of sp³-hybridized carbons (Fsp3) is 0.167. The van der Waals surface area contributed by atoms with Gasteiger partial charge in [0.25, 0.3) is 0 Å². The molecule has 1 amide bonds. The maximum absolute atomic E-state index is 14.9. The number of rotatable bonds is 7. The topological polar surface area (TPSA) is 109 Å². The van der Waals surface area contributed by atoms with Gasteiger partial charge in [-0.3, -0.25) is 14.4 Å². The van der Waals surface area contributed by atoms with E-state index in [1.165, 1.54) is 7.11 Å². The molecule has 0 aliphatic carbocycles. The highest BCUT2D eigenvalue weighted by atomic mass is 16.5. The zero-order valence-corrected chi connectivity index (χ0v) is 23.8. The SMILES string of the molecule is COc1cccc(C(=O)[C@@H]2[C@@H](C(=O)c3ccc(OCC#N)cc3)[C@]3(C(=O)Nc4ccccc43)[C@H]3c4ccccc4C=CN23)c1. The number of anilines is 1. The van der Waals surface area contributed by atoms with Gasteiger partial charge in [0, 0.05) is 23.0 Å². The number of ether oxygens (including phenoxy) is 2. The van der Waals surface area contributed by atoms with E-state index in [4.69, 9.17) is 14.7 Å². The third-order valence-corrected chi connectivity index (χ3v) is 8.92. The molecule has 0 aromatic heterocycles. The summed E-state index contributed by atoms with van der Waals surface area (Å²) in [5.74, 6) is -1.11. The van der Waals surface area contributed by atoms with Gasteiger partial charge in [0.2, 0.25) is 5.91 Å². The number of carbonyl (C=O) groups excluding carboxylic acids is 3. The van der Waals surface area contributed by atoms with Crippen LogP contribution in [0, 0.1) is 17.2 Å². The summed E-state index contributed by atoms with van der Waals surface area (Å²) >= 11 is 0. The molecule has 3 heterocycles. The number of hydrogen-bond acceptors (Lipinski definition) is 7. The summed E-state index contributed by atoms with van der Waals surface area (Å²) in [4.78, 5) is 46.1. The summed E-state index contributed by atoms with van der Waals surface area (Å²) in [5.41, 5.74) is 2.36. The summed E-state index contributed by atoms with van der Waals surface area (Å²) in [5, 5.41) is 12.0. The lowest BCUT2D eigenvalue weighted by molar-refractivity contribution is -0.122. The van der Waals surface area contributed by atoms with Crippen LogP contribution in [-0.2, 0) is 10.2 Å². The van der Waals surface area contributed by atoms with E-state index in [1.807, 2.05) is 71.8 Å². The Bertz CT molecular complexity index is 1890. The number of benzene rings is 4. The molecule has 8 nitrogen and oxygen atoms in total. The molecule has 0 radical (unpaired) electrons. The number of ketones is 2. The first-order valence-electron chi connectivity index (χ1n) is 14.3. The number of carbonyl (C=O) groups is 3. The molecule has 4 aromatic carbocycles. The van der Waals surface area contributed by atoms with Gasteiger partial charge in [0.15, 0.2) is 18.2 Å². The fourth-order valence-corrected chi connectivity index (χ4v) is 7.13. The molecular weight excluding hydrogens is 554 g/mol. The van der Waals surface area contributed by atoms with Gasteiger partial charge in [0.05, 0.1) is 19.1 Å². The molecule has 44 heavy (non-hydrogen) atoms. The number of amides is 1. The van der Waals surface area contributed by atoms with E-state index in [0.29, 0.717) is 33.9 Å². The van der Waals surface area contributed by atoms with Crippen molar-refractivity contribution in [3.05, 3.63) is 131 Å². The minimum absolute atomic E-state index is 0.129. The molecule has 0 saturated carbocycles. The molecule has 0 unspecified atom stereocenters. The first-order valence-corrected chi connectivity index (χ1v) is 14.3. The summed E-state index contributed by atoms with van der Waals surface area (Å²) in [6, 6.07) is 28.8. The molecular formula is C36H27N3O5. The fourth-order valence-electron chi connectivity index (χ4n) is 7.13. The van der Waals surface area contributed by atoms with Gasteiger partial charge in [0.1, 0.15) is 29.0 Å². The van der Waals surface area contributed by atoms with Crippen molar-refractivity contribution in [2.45, 2.75) is 17.5 Å². The zero-order valence-electron chi connectivity index (χ0n) is 23.8. The van der Waals surface area contributed by atoms with E-state index in [2.05, 4.69) is 5.32 Å². The predicted octanol–water partition coefficient (Wildman–Crippen LogP) is 5.58. The summed E-state index contributed by atoms with van der Waals surface area (Å²) in [7, 11) is 1.53. The third-order valence-electron chi connectivity index (χ3n) is 8.92. The molecule has 8 heteroatoms. The Labute approximate surface area is 254 Å². The van der Waals surface area contributed by atoms with Crippen molar-refractivity contribution >= 4 is 29.2 Å². The van der Waals surface area contributed by atoms with Gasteiger partial charge in [-0.2, -0.15) is 5.26 Å². The first kappa shape index (κ1) is 27.2. The Hall–Kier alpha value is -5.68. The van der Waals surface area contributed by atoms with Crippen LogP contribution in [0.4, 0.5) is 5.69 Å². The number of fused-ring (bicyclic) bond motifs is 6. The molecule has 1 fully saturated rings. The Kier molecular flexibility index (Phi) is 6.51. The number of nitriles is 1. The molecule has 3 aliphatic heterocycles. The Morgan fingerprint density at radius 1 is 0.909 bits per heavy atom. The molecule has 4 aromatic rings. The quantitative estimate of drug-likeness (QED) is 0.284. The van der Waals surface area contributed by atoms with Crippen LogP contribution in [0.25, 0.3) is 6.08 Å². The number of nitrogens with zero attached hydrogens (tertiary/aromatic N) is 2. The Balaban J connectivity index is 1.48. The van der Waals surface area contributed by atoms with Crippen molar-refractivity contribution in [3.63, 3.8) is 0 Å². The maximum Gasteiger partial charge on any atom is 0.238 e. The maximum atomic E-state index is 14.9. The Morgan fingerprint density at radius 3 is 2.48 bits per heavy atom. The van der Waals surface area contributed by atoms with Gasteiger partial charge in [-0.1, -0.05) is 54.6 Å². The van der Waals surface area contributed by atoms with Crippen molar-refractivity contribution in [1.29, 1.82) is 5.26 Å². The lowest BCUT2D eigenvalue weighted by atomic mass is 9.62. The van der Waals surface area contributed by atoms with Gasteiger partial charge >= 0.3 is 0 Å². The van der Waals surface area contributed by atoms with Crippen LogP contribution in [-0.4, -0.2) is 42.1 Å². The molecule has 0 bridgehead atoms. The van der Waals surface area contributed by atoms with Gasteiger partial charge in [-0.05, 0) is 65.2 Å². The lowest BCUT2D eigenvalue weighted by Gasteiger charge is -2.38. The average molecular weight is 582 g/mol. The third kappa shape index (κ3) is 3.93. The van der Waals surface area contributed by atoms with E-state index in [9.17, 15) is 14.4 Å². The van der Waals surface area contributed by atoms with Crippen LogP contribution in [0.1, 0.15) is 43.4 Å². The molecule has 7 rings (SSSR count). The minimum atomic E-state index is -1.43. The number of hydrogen-bond donors (Lipinski definition) is 1. The zero-order chi connectivity index (χ0) is 30.4. The number of para-hydroxylation sites is 1. The van der Waals surface area contributed by atoms with Crippen LogP contribution >= 0.6 is 0 Å². The van der Waals surface area contributed by atoms with Crippen LogP contribution in [0.2, 0.25) is 0 Å². The van der Waals surface area contributed by atoms with E-state index < -0.39 is 23.4 Å². The van der Waals surface area contributed by atoms with Gasteiger partial charge < -0.3 is 19.7 Å². The van der Waals surface area contributed by atoms with Gasteiger partial charge in [-0.15, -0.1) is 0 Å². The second kappa shape index (κ2) is 10.5. The van der Waals surface area contributed by atoms with Crippen molar-refractivity contribution in [3.8, 4) is 17.6 Å². The normalized spacial score (nSPS) is 22.4. The number of nitrogens with one attached hydrogen (secondary N) is 1. The molecule has 3 aliphatic rings. The van der Waals surface area contributed by atoms with E-state index in [0.717, 1.165) is 11.1 Å². The molecule has 1 spiro atoms. The highest BCUT2D eigenvalue weighted by molar-refractivity contribution is 6.16. The second-order valence-electron chi connectivity index (χ2n) is 11.0. The monoisotopic (exact) mass is 581 g/mol. The van der Waals surface area contributed by atoms with Crippen LogP contribution in [0.3, 0.4) is 0 Å². The minimum Gasteiger partial charge on any atom is -0.497 e. The van der Waals surface area contributed by atoms with Crippen LogP contribution < -0.4 is 14.8 Å². The first-order chi connectivity index (χ1) is 21.5. The Morgan fingerprint density at radius 2 is 1.68 bits per heavy atom. The lowest BCUT2D eigenvalue weighted by Crippen LogP contribution is -2.49. The van der Waals surface area contributed by atoms with Gasteiger partial charge in [-0.25, -0.2) is 0 Å². The summed E-state index contributed by atoms with van der Waals surface area (Å²) < 4.78 is 10.8. The van der Waals surface area contributed by atoms with Crippen LogP contribution in [0.15, 0.2) is 103 Å². The largest absolute Gasteiger partial charge is 0.497 e. The summed E-state index contributed by atoms with van der Waals surface area (Å²) in [6.45, 7) is -0.129. The van der Waals surface area contributed by atoms with Crippen molar-refractivity contribution in [2.24, 2.45) is 5.92 Å². The predicted molar refractivity (Wildman–Crippen MR) is 163 cm³/mol. The van der Waals surface area contributed by atoms with Crippen LogP contribution in [0.5, 0.6) is 11.5 Å². The molecule has 1 N–H and O–H groups in total. The average Bonchev–Trinajstić information content (AvgIpc) is 3.55. The van der Waals surface area contributed by atoms with E-state index in [1.54, 1.807) is 48.5 Å². The molecule has 4 atom stereocenters. The highest BCUT2D eigenvalue weighted by Crippen LogP contribution is 2.62. The number of Topliss-reactive ketones (excluding diaryl/α,β-unsaturated/α-hetero) is 2. The highest BCUT2D eigenvalue weighted by Gasteiger charge is 2.70. The standard InChI is InChI=1S/C36H27N3O5/c1-43-26-9-6-8-24(21-26)33(41)31-30(32(40)23-13-15-25(16-14-23)44-20-18-37)36(28-11-4-5-12-29(28)38-35(36)42)34-27-10-3-2-7-22(27)17-19-39(31)34/h2-17,19,21,30-31,34H,20H2,1H3,(H,38,42)/t30-,31-,34+,36-/m0/s1. The van der Waals surface area contributed by atoms with Crippen molar-refractivity contribution in [1.82, 2.24) is 4.90 Å². The van der Waals surface area contributed by atoms with E-state index >= 15 is 0 Å².